The summed E-state index contributed by atoms with van der Waals surface area (Å²) in [6, 6.07) is 14.5. The second-order valence-electron chi connectivity index (χ2n) is 6.92. The van der Waals surface area contributed by atoms with Crippen molar-refractivity contribution in [3.63, 3.8) is 0 Å². The summed E-state index contributed by atoms with van der Waals surface area (Å²) >= 11 is 0. The third kappa shape index (κ3) is 5.62. The number of carboxylic acid groups (broad SMARTS) is 1. The maximum atomic E-state index is 12.3. The molecule has 2 aromatic carbocycles. The van der Waals surface area contributed by atoms with E-state index in [9.17, 15) is 14.7 Å². The number of ether oxygens (including phenoxy) is 1. The van der Waals surface area contributed by atoms with Gasteiger partial charge in [-0.1, -0.05) is 30.3 Å². The van der Waals surface area contributed by atoms with Crippen molar-refractivity contribution in [1.82, 2.24) is 5.32 Å². The number of nitrogens with one attached hydrogen (secondary N) is 1. The normalized spacial score (nSPS) is 11.0. The summed E-state index contributed by atoms with van der Waals surface area (Å²) in [7, 11) is 1.63. The SMILES string of the molecule is COc1ccc(CC(C)(C)NC(=O)CCc2ccccc2C(=O)O)cc1. The smallest absolute Gasteiger partial charge is 0.335 e. The molecule has 0 aliphatic heterocycles. The Morgan fingerprint density at radius 1 is 1.08 bits per heavy atom. The molecule has 5 heteroatoms. The highest BCUT2D eigenvalue weighted by atomic mass is 16.5. The van der Waals surface area contributed by atoms with Gasteiger partial charge in [-0.3, -0.25) is 4.79 Å². The molecule has 0 aromatic heterocycles. The van der Waals surface area contributed by atoms with Gasteiger partial charge in [-0.2, -0.15) is 0 Å². The Labute approximate surface area is 154 Å². The Balaban J connectivity index is 1.92. The van der Waals surface area contributed by atoms with E-state index in [1.165, 1.54) is 0 Å². The van der Waals surface area contributed by atoms with Gasteiger partial charge in [0.05, 0.1) is 12.7 Å². The summed E-state index contributed by atoms with van der Waals surface area (Å²) in [6.07, 6.45) is 1.33. The van der Waals surface area contributed by atoms with Crippen molar-refractivity contribution in [2.45, 2.75) is 38.6 Å². The van der Waals surface area contributed by atoms with Gasteiger partial charge in [0, 0.05) is 12.0 Å². The van der Waals surface area contributed by atoms with Crippen LogP contribution in [0.5, 0.6) is 5.75 Å². The van der Waals surface area contributed by atoms with Crippen LogP contribution in [0.3, 0.4) is 0 Å². The lowest BCUT2D eigenvalue weighted by atomic mass is 9.94. The molecule has 2 rings (SSSR count). The molecule has 0 atom stereocenters. The predicted octanol–water partition coefficient (Wildman–Crippen LogP) is 3.46. The van der Waals surface area contributed by atoms with Gasteiger partial charge in [-0.05, 0) is 56.0 Å². The van der Waals surface area contributed by atoms with E-state index in [1.807, 2.05) is 38.1 Å². The van der Waals surface area contributed by atoms with Crippen molar-refractivity contribution in [3.05, 3.63) is 65.2 Å². The molecule has 0 aliphatic rings. The average Bonchev–Trinajstić information content (AvgIpc) is 2.60. The lowest BCUT2D eigenvalue weighted by Gasteiger charge is -2.26. The average molecular weight is 355 g/mol. The van der Waals surface area contributed by atoms with Crippen LogP contribution in [0.2, 0.25) is 0 Å². The summed E-state index contributed by atoms with van der Waals surface area (Å²) in [6.45, 7) is 3.95. The second kappa shape index (κ2) is 8.52. The van der Waals surface area contributed by atoms with E-state index in [-0.39, 0.29) is 17.9 Å². The molecule has 0 radical (unpaired) electrons. The van der Waals surface area contributed by atoms with E-state index < -0.39 is 11.5 Å². The Kier molecular flexibility index (Phi) is 6.39. The molecule has 0 unspecified atom stereocenters. The van der Waals surface area contributed by atoms with Crippen LogP contribution >= 0.6 is 0 Å². The standard InChI is InChI=1S/C21H25NO4/c1-21(2,14-15-8-11-17(26-3)12-9-15)22-19(23)13-10-16-6-4-5-7-18(16)20(24)25/h4-9,11-12H,10,13-14H2,1-3H3,(H,22,23)(H,24,25). The zero-order valence-electron chi connectivity index (χ0n) is 15.4. The Morgan fingerprint density at radius 2 is 1.73 bits per heavy atom. The number of carbonyl (C=O) groups excluding carboxylic acids is 1. The molecule has 0 bridgehead atoms. The number of hydrogen-bond acceptors (Lipinski definition) is 3. The third-order valence-electron chi connectivity index (χ3n) is 4.15. The molecule has 0 heterocycles. The number of methoxy groups -OCH3 is 1. The molecule has 0 aliphatic carbocycles. The van der Waals surface area contributed by atoms with Gasteiger partial charge >= 0.3 is 5.97 Å². The van der Waals surface area contributed by atoms with Crippen molar-refractivity contribution in [1.29, 1.82) is 0 Å². The van der Waals surface area contributed by atoms with Crippen LogP contribution in [0.15, 0.2) is 48.5 Å². The first-order chi connectivity index (χ1) is 12.3. The van der Waals surface area contributed by atoms with Crippen LogP contribution in [-0.2, 0) is 17.6 Å². The molecule has 2 aromatic rings. The van der Waals surface area contributed by atoms with Crippen LogP contribution in [0.25, 0.3) is 0 Å². The molecule has 5 nitrogen and oxygen atoms in total. The van der Waals surface area contributed by atoms with E-state index in [4.69, 9.17) is 4.74 Å². The van der Waals surface area contributed by atoms with Crippen molar-refractivity contribution in [2.24, 2.45) is 0 Å². The van der Waals surface area contributed by atoms with E-state index in [0.717, 1.165) is 11.3 Å². The first-order valence-electron chi connectivity index (χ1n) is 8.56. The molecule has 1 amide bonds. The first-order valence-corrected chi connectivity index (χ1v) is 8.56. The van der Waals surface area contributed by atoms with Crippen molar-refractivity contribution in [2.75, 3.05) is 7.11 Å². The molecule has 138 valence electrons. The molecule has 26 heavy (non-hydrogen) atoms. The largest absolute Gasteiger partial charge is 0.497 e. The fourth-order valence-electron chi connectivity index (χ4n) is 2.93. The first kappa shape index (κ1) is 19.5. The van der Waals surface area contributed by atoms with Crippen molar-refractivity contribution < 1.29 is 19.4 Å². The monoisotopic (exact) mass is 355 g/mol. The molecule has 0 saturated carbocycles. The van der Waals surface area contributed by atoms with Gasteiger partial charge in [0.15, 0.2) is 0 Å². The molecular formula is C21H25NO4. The number of aryl methyl sites for hydroxylation is 1. The maximum Gasteiger partial charge on any atom is 0.335 e. The topological polar surface area (TPSA) is 75.6 Å². The summed E-state index contributed by atoms with van der Waals surface area (Å²) in [4.78, 5) is 23.6. The van der Waals surface area contributed by atoms with E-state index in [2.05, 4.69) is 5.32 Å². The summed E-state index contributed by atoms with van der Waals surface area (Å²) in [5.41, 5.74) is 1.62. The fraction of sp³-hybridized carbons (Fsp3) is 0.333. The number of rotatable bonds is 8. The number of carboxylic acids is 1. The van der Waals surface area contributed by atoms with Crippen LogP contribution in [0.1, 0.15) is 41.8 Å². The highest BCUT2D eigenvalue weighted by Gasteiger charge is 2.21. The van der Waals surface area contributed by atoms with Crippen LogP contribution < -0.4 is 10.1 Å². The quantitative estimate of drug-likeness (QED) is 0.760. The Morgan fingerprint density at radius 3 is 2.35 bits per heavy atom. The minimum atomic E-state index is -0.971. The van der Waals surface area contributed by atoms with Gasteiger partial charge in [0.1, 0.15) is 5.75 Å². The van der Waals surface area contributed by atoms with E-state index >= 15 is 0 Å². The number of hydrogen-bond donors (Lipinski definition) is 2. The number of carbonyl (C=O) groups is 2. The highest BCUT2D eigenvalue weighted by Crippen LogP contribution is 2.17. The van der Waals surface area contributed by atoms with Gasteiger partial charge in [0.25, 0.3) is 0 Å². The van der Waals surface area contributed by atoms with Gasteiger partial charge in [-0.15, -0.1) is 0 Å². The predicted molar refractivity (Wildman–Crippen MR) is 101 cm³/mol. The maximum absolute atomic E-state index is 12.3. The van der Waals surface area contributed by atoms with E-state index in [1.54, 1.807) is 31.4 Å². The second-order valence-corrected chi connectivity index (χ2v) is 6.92. The molecule has 2 N–H and O–H groups in total. The zero-order chi connectivity index (χ0) is 19.2. The van der Waals surface area contributed by atoms with Crippen molar-refractivity contribution >= 4 is 11.9 Å². The highest BCUT2D eigenvalue weighted by molar-refractivity contribution is 5.89. The summed E-state index contributed by atoms with van der Waals surface area (Å²) in [5.74, 6) is -0.266. The molecule has 0 spiro atoms. The van der Waals surface area contributed by atoms with Gasteiger partial charge < -0.3 is 15.2 Å². The minimum Gasteiger partial charge on any atom is -0.497 e. The lowest BCUT2D eigenvalue weighted by molar-refractivity contribution is -0.122. The molecule has 0 saturated heterocycles. The van der Waals surface area contributed by atoms with Gasteiger partial charge in [-0.25, -0.2) is 4.79 Å². The minimum absolute atomic E-state index is 0.0938. The third-order valence-corrected chi connectivity index (χ3v) is 4.15. The number of amides is 1. The zero-order valence-corrected chi connectivity index (χ0v) is 15.4. The lowest BCUT2D eigenvalue weighted by Crippen LogP contribution is -2.45. The van der Waals surface area contributed by atoms with E-state index in [0.29, 0.717) is 18.4 Å². The van der Waals surface area contributed by atoms with Crippen LogP contribution in [-0.4, -0.2) is 29.6 Å². The van der Waals surface area contributed by atoms with Crippen molar-refractivity contribution in [3.8, 4) is 5.75 Å². The summed E-state index contributed by atoms with van der Waals surface area (Å²) in [5, 5.41) is 12.2. The Bertz CT molecular complexity index is 766. The molecule has 0 fully saturated rings. The molecular weight excluding hydrogens is 330 g/mol. The fourth-order valence-corrected chi connectivity index (χ4v) is 2.93. The van der Waals surface area contributed by atoms with Crippen LogP contribution in [0.4, 0.5) is 0 Å². The summed E-state index contributed by atoms with van der Waals surface area (Å²) < 4.78 is 5.15. The Hall–Kier alpha value is -2.82. The number of aromatic carboxylic acids is 1. The number of benzene rings is 2. The van der Waals surface area contributed by atoms with Crippen LogP contribution in [0, 0.1) is 0 Å². The van der Waals surface area contributed by atoms with Gasteiger partial charge in [0.2, 0.25) is 5.91 Å².